The lowest BCUT2D eigenvalue weighted by atomic mass is 9.83. The third-order valence-electron chi connectivity index (χ3n) is 6.34. The lowest BCUT2D eigenvalue weighted by Crippen LogP contribution is -2.35. The van der Waals surface area contributed by atoms with Gasteiger partial charge in [0.05, 0.1) is 23.5 Å². The summed E-state index contributed by atoms with van der Waals surface area (Å²) < 4.78 is 3.35. The van der Waals surface area contributed by atoms with Gasteiger partial charge in [-0.05, 0) is 63.3 Å². The Balaban J connectivity index is 1.54. The van der Waals surface area contributed by atoms with E-state index >= 15 is 0 Å². The summed E-state index contributed by atoms with van der Waals surface area (Å²) in [6.45, 7) is 3.85. The van der Waals surface area contributed by atoms with Crippen molar-refractivity contribution in [1.29, 1.82) is 0 Å². The lowest BCUT2D eigenvalue weighted by molar-refractivity contribution is 0.00991. The second kappa shape index (κ2) is 7.12. The van der Waals surface area contributed by atoms with Crippen LogP contribution in [0.5, 0.6) is 0 Å². The Morgan fingerprint density at radius 2 is 2.03 bits per heavy atom. The lowest BCUT2D eigenvalue weighted by Gasteiger charge is -2.33. The fourth-order valence-electron chi connectivity index (χ4n) is 4.40. The van der Waals surface area contributed by atoms with Gasteiger partial charge in [0.25, 0.3) is 0 Å². The molecule has 0 saturated heterocycles. The molecule has 4 aromatic rings. The van der Waals surface area contributed by atoms with Gasteiger partial charge in [-0.1, -0.05) is 0 Å². The molecule has 0 atom stereocenters. The number of aryl methyl sites for hydroxylation is 2. The van der Waals surface area contributed by atoms with Crippen molar-refractivity contribution in [2.45, 2.75) is 51.2 Å². The van der Waals surface area contributed by atoms with Crippen LogP contribution in [0.25, 0.3) is 22.1 Å². The SMILES string of the molecule is Cc1cc2nnccc2cc1Nc1ncc2c(n1)n([C@H]1CC[C@@](C)(O)CC1)c(=O)n2C. The summed E-state index contributed by atoms with van der Waals surface area (Å²) in [6, 6.07) is 5.88. The molecule has 1 aliphatic carbocycles. The summed E-state index contributed by atoms with van der Waals surface area (Å²) in [6.07, 6.45) is 6.15. The zero-order chi connectivity index (χ0) is 21.8. The van der Waals surface area contributed by atoms with E-state index in [1.807, 2.05) is 32.0 Å². The van der Waals surface area contributed by atoms with Crippen LogP contribution in [0.2, 0.25) is 0 Å². The van der Waals surface area contributed by atoms with Crippen LogP contribution in [-0.4, -0.2) is 40.0 Å². The molecule has 0 amide bonds. The highest BCUT2D eigenvalue weighted by Crippen LogP contribution is 2.35. The van der Waals surface area contributed by atoms with Gasteiger partial charge >= 0.3 is 5.69 Å². The quantitative estimate of drug-likeness (QED) is 0.525. The van der Waals surface area contributed by atoms with Gasteiger partial charge in [-0.15, -0.1) is 0 Å². The van der Waals surface area contributed by atoms with E-state index in [1.54, 1.807) is 28.6 Å². The van der Waals surface area contributed by atoms with Crippen LogP contribution >= 0.6 is 0 Å². The smallest absolute Gasteiger partial charge is 0.330 e. The highest BCUT2D eigenvalue weighted by molar-refractivity contribution is 5.84. The average Bonchev–Trinajstić information content (AvgIpc) is 2.99. The Labute approximate surface area is 178 Å². The Hall–Kier alpha value is -3.33. The van der Waals surface area contributed by atoms with Gasteiger partial charge in [0.2, 0.25) is 5.95 Å². The Kier molecular flexibility index (Phi) is 4.51. The standard InChI is InChI=1S/C22H25N7O2/c1-13-10-17-14(6-9-24-27-17)11-16(13)25-20-23-12-18-19(26-20)29(21(30)28(18)3)15-4-7-22(2,31)8-5-15/h6,9-12,15,31H,4-5,7-8H2,1-3H3,(H,23,25,26)/t15-,22+. The second-order valence-electron chi connectivity index (χ2n) is 8.72. The van der Waals surface area contributed by atoms with E-state index in [0.29, 0.717) is 30.0 Å². The van der Waals surface area contributed by atoms with Crippen LogP contribution in [0.3, 0.4) is 0 Å². The van der Waals surface area contributed by atoms with Gasteiger partial charge in [-0.2, -0.15) is 15.2 Å². The number of hydrogen-bond donors (Lipinski definition) is 2. The number of nitrogens with zero attached hydrogens (tertiary/aromatic N) is 6. The zero-order valence-electron chi connectivity index (χ0n) is 17.8. The molecular formula is C22H25N7O2. The second-order valence-corrected chi connectivity index (χ2v) is 8.72. The molecule has 160 valence electrons. The number of anilines is 2. The average molecular weight is 419 g/mol. The number of imidazole rings is 1. The molecule has 0 radical (unpaired) electrons. The normalized spacial score (nSPS) is 21.6. The number of fused-ring (bicyclic) bond motifs is 2. The van der Waals surface area contributed by atoms with Gasteiger partial charge in [0.15, 0.2) is 5.65 Å². The Bertz CT molecular complexity index is 1350. The van der Waals surface area contributed by atoms with Crippen molar-refractivity contribution in [1.82, 2.24) is 29.3 Å². The van der Waals surface area contributed by atoms with Gasteiger partial charge < -0.3 is 10.4 Å². The largest absolute Gasteiger partial charge is 0.390 e. The van der Waals surface area contributed by atoms with Crippen molar-refractivity contribution in [3.05, 3.63) is 46.6 Å². The summed E-state index contributed by atoms with van der Waals surface area (Å²) >= 11 is 0. The third-order valence-corrected chi connectivity index (χ3v) is 6.34. The van der Waals surface area contributed by atoms with Crippen molar-refractivity contribution < 1.29 is 5.11 Å². The van der Waals surface area contributed by atoms with Crippen molar-refractivity contribution in [3.63, 3.8) is 0 Å². The van der Waals surface area contributed by atoms with E-state index in [4.69, 9.17) is 4.98 Å². The highest BCUT2D eigenvalue weighted by atomic mass is 16.3. The molecule has 3 heterocycles. The molecule has 3 aromatic heterocycles. The molecule has 2 N–H and O–H groups in total. The molecule has 1 fully saturated rings. The van der Waals surface area contributed by atoms with Crippen molar-refractivity contribution in [2.75, 3.05) is 5.32 Å². The molecule has 1 aromatic carbocycles. The van der Waals surface area contributed by atoms with Crippen molar-refractivity contribution >= 4 is 33.7 Å². The van der Waals surface area contributed by atoms with Crippen LogP contribution in [0, 0.1) is 6.92 Å². The first-order valence-corrected chi connectivity index (χ1v) is 10.5. The highest BCUT2D eigenvalue weighted by Gasteiger charge is 2.31. The van der Waals surface area contributed by atoms with Crippen molar-refractivity contribution in [2.24, 2.45) is 7.05 Å². The monoisotopic (exact) mass is 419 g/mol. The summed E-state index contributed by atoms with van der Waals surface area (Å²) in [5.41, 5.74) is 3.24. The van der Waals surface area contributed by atoms with Crippen LogP contribution in [0.1, 0.15) is 44.2 Å². The summed E-state index contributed by atoms with van der Waals surface area (Å²) in [7, 11) is 1.74. The first kappa shape index (κ1) is 19.6. The Morgan fingerprint density at radius 1 is 1.26 bits per heavy atom. The van der Waals surface area contributed by atoms with E-state index in [2.05, 4.69) is 20.5 Å². The van der Waals surface area contributed by atoms with E-state index in [-0.39, 0.29) is 11.7 Å². The maximum absolute atomic E-state index is 13.0. The number of rotatable bonds is 3. The van der Waals surface area contributed by atoms with E-state index in [0.717, 1.165) is 35.0 Å². The maximum Gasteiger partial charge on any atom is 0.330 e. The summed E-state index contributed by atoms with van der Waals surface area (Å²) in [5.74, 6) is 0.430. The summed E-state index contributed by atoms with van der Waals surface area (Å²) in [4.78, 5) is 22.1. The molecule has 0 aliphatic heterocycles. The molecule has 1 aliphatic rings. The number of aromatic nitrogens is 6. The van der Waals surface area contributed by atoms with Gasteiger partial charge in [0.1, 0.15) is 5.52 Å². The molecule has 31 heavy (non-hydrogen) atoms. The number of nitrogens with one attached hydrogen (secondary N) is 1. The van der Waals surface area contributed by atoms with Crippen LogP contribution < -0.4 is 11.0 Å². The molecule has 0 unspecified atom stereocenters. The predicted molar refractivity (Wildman–Crippen MR) is 118 cm³/mol. The fourth-order valence-corrected chi connectivity index (χ4v) is 4.40. The van der Waals surface area contributed by atoms with E-state index < -0.39 is 5.60 Å². The molecule has 9 nitrogen and oxygen atoms in total. The maximum atomic E-state index is 13.0. The molecule has 0 bridgehead atoms. The topological polar surface area (TPSA) is 111 Å². The van der Waals surface area contributed by atoms with Crippen LogP contribution in [0.4, 0.5) is 11.6 Å². The van der Waals surface area contributed by atoms with Gasteiger partial charge in [-0.3, -0.25) is 9.13 Å². The molecule has 1 saturated carbocycles. The number of benzene rings is 1. The van der Waals surface area contributed by atoms with E-state index in [1.165, 1.54) is 0 Å². The molecule has 5 rings (SSSR count). The number of hydrogen-bond acceptors (Lipinski definition) is 7. The minimum atomic E-state index is -0.662. The van der Waals surface area contributed by atoms with Gasteiger partial charge in [-0.25, -0.2) is 9.78 Å². The third kappa shape index (κ3) is 3.44. The first-order valence-electron chi connectivity index (χ1n) is 10.5. The number of aliphatic hydroxyl groups is 1. The van der Waals surface area contributed by atoms with Crippen LogP contribution in [-0.2, 0) is 7.05 Å². The fraction of sp³-hybridized carbons (Fsp3) is 0.409. The molecular weight excluding hydrogens is 394 g/mol. The van der Waals surface area contributed by atoms with Crippen molar-refractivity contribution in [3.8, 4) is 0 Å². The minimum Gasteiger partial charge on any atom is -0.390 e. The zero-order valence-corrected chi connectivity index (χ0v) is 17.8. The Morgan fingerprint density at radius 3 is 2.81 bits per heavy atom. The van der Waals surface area contributed by atoms with Gasteiger partial charge in [0, 0.05) is 24.2 Å². The van der Waals surface area contributed by atoms with E-state index in [9.17, 15) is 9.90 Å². The van der Waals surface area contributed by atoms with Crippen LogP contribution in [0.15, 0.2) is 35.4 Å². The molecule has 0 spiro atoms. The predicted octanol–water partition coefficient (Wildman–Crippen LogP) is 2.99. The first-order chi connectivity index (χ1) is 14.8. The minimum absolute atomic E-state index is 0.0140. The molecule has 9 heteroatoms. The summed E-state index contributed by atoms with van der Waals surface area (Å²) in [5, 5.41) is 22.6.